The second-order valence-electron chi connectivity index (χ2n) is 3.60. The molecule has 0 amide bonds. The minimum absolute atomic E-state index is 0.0526. The fraction of sp³-hybridized carbons (Fsp3) is 0.900. The molecule has 0 fully saturated rings. The van der Waals surface area contributed by atoms with Crippen LogP contribution in [0.15, 0.2) is 0 Å². The van der Waals surface area contributed by atoms with Crippen LogP contribution in [-0.4, -0.2) is 24.8 Å². The van der Waals surface area contributed by atoms with Crippen molar-refractivity contribution in [3.05, 3.63) is 0 Å². The Bertz CT molecular complexity index is 152. The number of carbonyl (C=O) groups is 1. The number of hydrogen-bond acceptors (Lipinski definition) is 3. The lowest BCUT2D eigenvalue weighted by Gasteiger charge is -2.21. The maximum absolute atomic E-state index is 11.4. The zero-order chi connectivity index (χ0) is 10.4. The smallest absolute Gasteiger partial charge is 0.335 e. The molecule has 0 bridgehead atoms. The Hall–Kier alpha value is -0.570. The summed E-state index contributed by atoms with van der Waals surface area (Å²) in [6, 6.07) is 0. The topological polar surface area (TPSA) is 35.5 Å². The molecule has 0 aliphatic heterocycles. The number of hydrogen-bond donors (Lipinski definition) is 0. The van der Waals surface area contributed by atoms with E-state index in [0.717, 1.165) is 0 Å². The highest BCUT2D eigenvalue weighted by atomic mass is 16.6. The maximum atomic E-state index is 11.4. The average Bonchev–Trinajstić information content (AvgIpc) is 1.99. The van der Waals surface area contributed by atoms with E-state index in [1.807, 2.05) is 27.7 Å². The van der Waals surface area contributed by atoms with Crippen molar-refractivity contribution in [2.75, 3.05) is 6.61 Å². The molecule has 0 heterocycles. The fourth-order valence-electron chi connectivity index (χ4n) is 1.00. The third kappa shape index (κ3) is 4.88. The largest absolute Gasteiger partial charge is 0.464 e. The van der Waals surface area contributed by atoms with E-state index in [2.05, 4.69) is 0 Å². The number of carbonyl (C=O) groups excluding carboxylic acids is 1. The van der Waals surface area contributed by atoms with E-state index in [1.165, 1.54) is 0 Å². The van der Waals surface area contributed by atoms with Crippen LogP contribution in [0.5, 0.6) is 0 Å². The van der Waals surface area contributed by atoms with E-state index < -0.39 is 6.10 Å². The molecule has 1 unspecified atom stereocenters. The third-order valence-corrected chi connectivity index (χ3v) is 1.54. The third-order valence-electron chi connectivity index (χ3n) is 1.54. The molecule has 0 aliphatic rings. The highest BCUT2D eigenvalue weighted by molar-refractivity contribution is 5.74. The lowest BCUT2D eigenvalue weighted by molar-refractivity contribution is -0.163. The zero-order valence-electron chi connectivity index (χ0n) is 9.16. The van der Waals surface area contributed by atoms with Gasteiger partial charge in [0.1, 0.15) is 0 Å². The second-order valence-corrected chi connectivity index (χ2v) is 3.60. The number of rotatable bonds is 5. The van der Waals surface area contributed by atoms with Crippen molar-refractivity contribution in [2.45, 2.75) is 46.8 Å². The first kappa shape index (κ1) is 12.4. The number of ether oxygens (including phenoxy) is 2. The van der Waals surface area contributed by atoms with Crippen LogP contribution >= 0.6 is 0 Å². The summed E-state index contributed by atoms with van der Waals surface area (Å²) in [5, 5.41) is 0. The Balaban J connectivity index is 4.15. The Morgan fingerprint density at radius 3 is 2.08 bits per heavy atom. The summed E-state index contributed by atoms with van der Waals surface area (Å²) >= 11 is 0. The van der Waals surface area contributed by atoms with Crippen LogP contribution in [0.25, 0.3) is 0 Å². The summed E-state index contributed by atoms with van der Waals surface area (Å²) in [4.78, 5) is 11.4. The van der Waals surface area contributed by atoms with Gasteiger partial charge < -0.3 is 9.47 Å². The molecule has 0 N–H and O–H groups in total. The van der Waals surface area contributed by atoms with E-state index in [1.54, 1.807) is 6.92 Å². The van der Waals surface area contributed by atoms with Crippen LogP contribution in [0.1, 0.15) is 34.6 Å². The van der Waals surface area contributed by atoms with Crippen molar-refractivity contribution in [3.8, 4) is 0 Å². The van der Waals surface area contributed by atoms with Crippen molar-refractivity contribution in [1.29, 1.82) is 0 Å². The van der Waals surface area contributed by atoms with E-state index in [9.17, 15) is 4.79 Å². The SMILES string of the molecule is CCOC(=O)C(OC(C)C)C(C)C. The van der Waals surface area contributed by atoms with Crippen LogP contribution in [0.2, 0.25) is 0 Å². The van der Waals surface area contributed by atoms with E-state index in [0.29, 0.717) is 6.61 Å². The van der Waals surface area contributed by atoms with Gasteiger partial charge in [-0.2, -0.15) is 0 Å². The van der Waals surface area contributed by atoms with Crippen LogP contribution in [0.3, 0.4) is 0 Å². The van der Waals surface area contributed by atoms with Gasteiger partial charge in [-0.25, -0.2) is 4.79 Å². The van der Waals surface area contributed by atoms with Crippen LogP contribution < -0.4 is 0 Å². The van der Waals surface area contributed by atoms with Gasteiger partial charge in [0.15, 0.2) is 6.10 Å². The molecule has 13 heavy (non-hydrogen) atoms. The average molecular weight is 188 g/mol. The summed E-state index contributed by atoms with van der Waals surface area (Å²) in [5.74, 6) is -0.104. The molecule has 0 aromatic rings. The zero-order valence-corrected chi connectivity index (χ0v) is 9.16. The molecule has 3 heteroatoms. The van der Waals surface area contributed by atoms with Crippen molar-refractivity contribution < 1.29 is 14.3 Å². The second kappa shape index (κ2) is 5.97. The molecule has 0 spiro atoms. The summed E-state index contributed by atoms with van der Waals surface area (Å²) in [5.41, 5.74) is 0. The minimum Gasteiger partial charge on any atom is -0.464 e. The van der Waals surface area contributed by atoms with Gasteiger partial charge in [-0.1, -0.05) is 13.8 Å². The molecule has 0 saturated carbocycles. The van der Waals surface area contributed by atoms with Gasteiger partial charge in [-0.15, -0.1) is 0 Å². The highest BCUT2D eigenvalue weighted by Crippen LogP contribution is 2.11. The molecule has 78 valence electrons. The summed E-state index contributed by atoms with van der Waals surface area (Å²) in [7, 11) is 0. The normalized spacial score (nSPS) is 13.5. The molecule has 0 aromatic heterocycles. The molecule has 0 aromatic carbocycles. The molecule has 0 rings (SSSR count). The monoisotopic (exact) mass is 188 g/mol. The molecule has 0 saturated heterocycles. The van der Waals surface area contributed by atoms with Crippen molar-refractivity contribution in [2.24, 2.45) is 5.92 Å². The van der Waals surface area contributed by atoms with Crippen LogP contribution in [0, 0.1) is 5.92 Å². The first-order chi connectivity index (χ1) is 5.99. The molecule has 0 radical (unpaired) electrons. The molecular formula is C10H20O3. The van der Waals surface area contributed by atoms with Gasteiger partial charge in [0.25, 0.3) is 0 Å². The van der Waals surface area contributed by atoms with E-state index in [4.69, 9.17) is 9.47 Å². The van der Waals surface area contributed by atoms with E-state index >= 15 is 0 Å². The predicted octanol–water partition coefficient (Wildman–Crippen LogP) is 2.00. The maximum Gasteiger partial charge on any atom is 0.335 e. The Morgan fingerprint density at radius 1 is 1.23 bits per heavy atom. The minimum atomic E-state index is -0.431. The Morgan fingerprint density at radius 2 is 1.77 bits per heavy atom. The summed E-state index contributed by atoms with van der Waals surface area (Å²) < 4.78 is 10.4. The van der Waals surface area contributed by atoms with E-state index in [-0.39, 0.29) is 18.0 Å². The van der Waals surface area contributed by atoms with Gasteiger partial charge in [-0.3, -0.25) is 0 Å². The summed E-state index contributed by atoms with van der Waals surface area (Å²) in [6.07, 6.45) is -0.378. The van der Waals surface area contributed by atoms with Crippen LogP contribution in [-0.2, 0) is 14.3 Å². The Kier molecular flexibility index (Phi) is 5.71. The molecule has 1 atom stereocenters. The van der Waals surface area contributed by atoms with Gasteiger partial charge in [0, 0.05) is 0 Å². The van der Waals surface area contributed by atoms with Gasteiger partial charge >= 0.3 is 5.97 Å². The molecule has 0 aliphatic carbocycles. The number of esters is 1. The van der Waals surface area contributed by atoms with Gasteiger partial charge in [-0.05, 0) is 26.7 Å². The van der Waals surface area contributed by atoms with Gasteiger partial charge in [0.2, 0.25) is 0 Å². The fourth-order valence-corrected chi connectivity index (χ4v) is 1.00. The highest BCUT2D eigenvalue weighted by Gasteiger charge is 2.25. The predicted molar refractivity (Wildman–Crippen MR) is 51.5 cm³/mol. The molecule has 3 nitrogen and oxygen atoms in total. The van der Waals surface area contributed by atoms with Crippen molar-refractivity contribution in [3.63, 3.8) is 0 Å². The lowest BCUT2D eigenvalue weighted by atomic mass is 10.1. The van der Waals surface area contributed by atoms with Crippen molar-refractivity contribution >= 4 is 5.97 Å². The first-order valence-electron chi connectivity index (χ1n) is 4.81. The first-order valence-corrected chi connectivity index (χ1v) is 4.81. The molecular weight excluding hydrogens is 168 g/mol. The summed E-state index contributed by atoms with van der Waals surface area (Å²) in [6.45, 7) is 9.92. The standard InChI is InChI=1S/C10H20O3/c1-6-12-10(11)9(7(2)3)13-8(4)5/h7-9H,6H2,1-5H3. The van der Waals surface area contributed by atoms with Crippen molar-refractivity contribution in [1.82, 2.24) is 0 Å². The quantitative estimate of drug-likeness (QED) is 0.619. The van der Waals surface area contributed by atoms with Crippen LogP contribution in [0.4, 0.5) is 0 Å². The van der Waals surface area contributed by atoms with Gasteiger partial charge in [0.05, 0.1) is 12.7 Å². The Labute approximate surface area is 80.4 Å². The lowest BCUT2D eigenvalue weighted by Crippen LogP contribution is -2.33.